The number of aliphatic carboxylic acids is 1. The normalized spacial score (nSPS) is 24.1. The first kappa shape index (κ1) is 21.9. The van der Waals surface area contributed by atoms with Crippen LogP contribution < -0.4 is 5.32 Å². The third kappa shape index (κ3) is 5.43. The van der Waals surface area contributed by atoms with Gasteiger partial charge in [0, 0.05) is 12.1 Å². The molecule has 0 aromatic heterocycles. The van der Waals surface area contributed by atoms with Gasteiger partial charge in [-0.2, -0.15) is 0 Å². The average Bonchev–Trinajstić information content (AvgIpc) is 2.93. The van der Waals surface area contributed by atoms with Crippen LogP contribution in [-0.2, 0) is 20.9 Å². The molecule has 2 aliphatic rings. The first-order valence-corrected chi connectivity index (χ1v) is 10.4. The van der Waals surface area contributed by atoms with Crippen molar-refractivity contribution in [3.05, 3.63) is 35.9 Å². The molecule has 164 valence electrons. The lowest BCUT2D eigenvalue weighted by atomic mass is 9.85. The van der Waals surface area contributed by atoms with Gasteiger partial charge in [-0.15, -0.1) is 0 Å². The zero-order valence-electron chi connectivity index (χ0n) is 17.7. The Morgan fingerprint density at radius 3 is 2.27 bits per heavy atom. The zero-order valence-corrected chi connectivity index (χ0v) is 17.7. The Morgan fingerprint density at radius 2 is 1.73 bits per heavy atom. The number of carboxylic acid groups (broad SMARTS) is 1. The molecule has 1 aromatic carbocycles. The zero-order chi connectivity index (χ0) is 21.9. The highest BCUT2D eigenvalue weighted by atomic mass is 16.6. The molecule has 0 aliphatic carbocycles. The van der Waals surface area contributed by atoms with Crippen LogP contribution in [0.2, 0.25) is 0 Å². The number of hydrogen-bond donors (Lipinski definition) is 2. The molecule has 2 fully saturated rings. The van der Waals surface area contributed by atoms with E-state index in [1.807, 2.05) is 30.3 Å². The lowest BCUT2D eigenvalue weighted by Crippen LogP contribution is -2.54. The van der Waals surface area contributed by atoms with Crippen molar-refractivity contribution < 1.29 is 29.0 Å². The first-order chi connectivity index (χ1) is 14.1. The van der Waals surface area contributed by atoms with Crippen LogP contribution in [0, 0.1) is 5.92 Å². The van der Waals surface area contributed by atoms with Gasteiger partial charge in [0.05, 0.1) is 0 Å². The maximum Gasteiger partial charge on any atom is 0.410 e. The summed E-state index contributed by atoms with van der Waals surface area (Å²) in [6.07, 6.45) is 1.51. The summed E-state index contributed by atoms with van der Waals surface area (Å²) >= 11 is 0. The molecule has 1 aromatic rings. The van der Waals surface area contributed by atoms with Crippen LogP contribution in [-0.4, -0.2) is 51.9 Å². The molecule has 2 bridgehead atoms. The Morgan fingerprint density at radius 1 is 1.13 bits per heavy atom. The molecular formula is C22H30N2O6. The summed E-state index contributed by atoms with van der Waals surface area (Å²) in [5.74, 6) is -1.36. The molecule has 2 saturated heterocycles. The Labute approximate surface area is 176 Å². The van der Waals surface area contributed by atoms with Gasteiger partial charge >= 0.3 is 18.2 Å². The van der Waals surface area contributed by atoms with E-state index in [1.165, 1.54) is 0 Å². The van der Waals surface area contributed by atoms with Crippen molar-refractivity contribution in [2.45, 2.75) is 76.8 Å². The topological polar surface area (TPSA) is 105 Å². The number of rotatable bonds is 5. The highest BCUT2D eigenvalue weighted by molar-refractivity contribution is 5.80. The number of amides is 2. The summed E-state index contributed by atoms with van der Waals surface area (Å²) in [7, 11) is 0. The molecule has 0 radical (unpaired) electrons. The Bertz CT molecular complexity index is 762. The highest BCUT2D eigenvalue weighted by Crippen LogP contribution is 2.40. The Kier molecular flexibility index (Phi) is 6.53. The summed E-state index contributed by atoms with van der Waals surface area (Å²) in [6.45, 7) is 5.38. The van der Waals surface area contributed by atoms with E-state index < -0.39 is 23.7 Å². The van der Waals surface area contributed by atoms with Crippen LogP contribution in [0.3, 0.4) is 0 Å². The number of nitrogens with one attached hydrogen (secondary N) is 1. The number of carbonyl (C=O) groups excluding carboxylic acids is 2. The molecule has 8 heteroatoms. The predicted molar refractivity (Wildman–Crippen MR) is 109 cm³/mol. The van der Waals surface area contributed by atoms with Gasteiger partial charge in [-0.05, 0) is 57.9 Å². The van der Waals surface area contributed by atoms with Crippen LogP contribution in [0.4, 0.5) is 9.59 Å². The van der Waals surface area contributed by atoms with Gasteiger partial charge in [0.15, 0.2) is 0 Å². The summed E-state index contributed by atoms with van der Waals surface area (Å²) in [5.41, 5.74) is 0.207. The Hall–Kier alpha value is -2.77. The number of ether oxygens (including phenoxy) is 2. The van der Waals surface area contributed by atoms with E-state index in [0.717, 1.165) is 18.4 Å². The number of fused-ring (bicyclic) bond motifs is 2. The fraction of sp³-hybridized carbons (Fsp3) is 0.591. The number of piperidine rings is 1. The number of hydrogen-bond acceptors (Lipinski definition) is 5. The minimum absolute atomic E-state index is 0.0840. The molecule has 2 N–H and O–H groups in total. The molecule has 0 saturated carbocycles. The minimum atomic E-state index is -1.09. The molecule has 2 amide bonds. The SMILES string of the molecule is CC(C)(C)OC(=O)NC(C(=O)O)C1CC2CCC(C1)N2C(=O)OCc1ccccc1. The van der Waals surface area contributed by atoms with E-state index in [9.17, 15) is 19.5 Å². The van der Waals surface area contributed by atoms with E-state index >= 15 is 0 Å². The summed E-state index contributed by atoms with van der Waals surface area (Å²) in [5, 5.41) is 12.2. The monoisotopic (exact) mass is 418 g/mol. The van der Waals surface area contributed by atoms with Crippen molar-refractivity contribution in [1.82, 2.24) is 10.2 Å². The lowest BCUT2D eigenvalue weighted by molar-refractivity contribution is -0.141. The summed E-state index contributed by atoms with van der Waals surface area (Å²) < 4.78 is 10.7. The van der Waals surface area contributed by atoms with Crippen LogP contribution >= 0.6 is 0 Å². The van der Waals surface area contributed by atoms with Crippen molar-refractivity contribution in [2.75, 3.05) is 0 Å². The Balaban J connectivity index is 1.60. The van der Waals surface area contributed by atoms with Crippen molar-refractivity contribution >= 4 is 18.2 Å². The van der Waals surface area contributed by atoms with Crippen molar-refractivity contribution in [3.63, 3.8) is 0 Å². The van der Waals surface area contributed by atoms with Gasteiger partial charge in [0.25, 0.3) is 0 Å². The predicted octanol–water partition coefficient (Wildman–Crippen LogP) is 3.54. The van der Waals surface area contributed by atoms with Crippen molar-refractivity contribution in [3.8, 4) is 0 Å². The summed E-state index contributed by atoms with van der Waals surface area (Å²) in [6, 6.07) is 8.26. The van der Waals surface area contributed by atoms with Crippen LogP contribution in [0.25, 0.3) is 0 Å². The molecule has 0 spiro atoms. The smallest absolute Gasteiger partial charge is 0.410 e. The number of alkyl carbamates (subject to hydrolysis) is 1. The van der Waals surface area contributed by atoms with Gasteiger partial charge in [-0.3, -0.25) is 0 Å². The van der Waals surface area contributed by atoms with E-state index in [2.05, 4.69) is 5.32 Å². The van der Waals surface area contributed by atoms with Crippen molar-refractivity contribution in [2.24, 2.45) is 5.92 Å². The van der Waals surface area contributed by atoms with Gasteiger partial charge < -0.3 is 24.8 Å². The minimum Gasteiger partial charge on any atom is -0.480 e. The number of nitrogens with zero attached hydrogens (tertiary/aromatic N) is 1. The molecule has 2 aliphatic heterocycles. The summed E-state index contributed by atoms with van der Waals surface area (Å²) in [4.78, 5) is 38.4. The average molecular weight is 418 g/mol. The van der Waals surface area contributed by atoms with Crippen LogP contribution in [0.5, 0.6) is 0 Å². The standard InChI is InChI=1S/C22H30N2O6/c1-22(2,3)30-20(27)23-18(19(25)26)15-11-16-9-10-17(12-15)24(16)21(28)29-13-14-7-5-4-6-8-14/h4-8,15-18H,9-13H2,1-3H3,(H,23,27)(H,25,26). The highest BCUT2D eigenvalue weighted by Gasteiger charge is 2.47. The fourth-order valence-corrected chi connectivity index (χ4v) is 4.40. The second kappa shape index (κ2) is 8.93. The first-order valence-electron chi connectivity index (χ1n) is 10.4. The molecule has 3 unspecified atom stereocenters. The molecular weight excluding hydrogens is 388 g/mol. The van der Waals surface area contributed by atoms with E-state index in [-0.39, 0.29) is 30.7 Å². The van der Waals surface area contributed by atoms with Crippen LogP contribution in [0.1, 0.15) is 52.0 Å². The lowest BCUT2D eigenvalue weighted by Gasteiger charge is -2.40. The van der Waals surface area contributed by atoms with Gasteiger partial charge in [-0.1, -0.05) is 30.3 Å². The fourth-order valence-electron chi connectivity index (χ4n) is 4.40. The maximum atomic E-state index is 12.7. The third-order valence-corrected chi connectivity index (χ3v) is 5.60. The van der Waals surface area contributed by atoms with Gasteiger partial charge in [0.1, 0.15) is 18.2 Å². The van der Waals surface area contributed by atoms with Crippen molar-refractivity contribution in [1.29, 1.82) is 0 Å². The number of benzene rings is 1. The molecule has 3 atom stereocenters. The largest absolute Gasteiger partial charge is 0.480 e. The van der Waals surface area contributed by atoms with Crippen LogP contribution in [0.15, 0.2) is 30.3 Å². The second-order valence-corrected chi connectivity index (χ2v) is 9.03. The quantitative estimate of drug-likeness (QED) is 0.758. The van der Waals surface area contributed by atoms with E-state index in [1.54, 1.807) is 25.7 Å². The molecule has 3 rings (SSSR count). The molecule has 8 nitrogen and oxygen atoms in total. The number of carboxylic acids is 1. The maximum absolute atomic E-state index is 12.7. The van der Waals surface area contributed by atoms with Gasteiger partial charge in [0.2, 0.25) is 0 Å². The van der Waals surface area contributed by atoms with E-state index in [4.69, 9.17) is 9.47 Å². The molecule has 30 heavy (non-hydrogen) atoms. The molecule has 2 heterocycles. The van der Waals surface area contributed by atoms with E-state index in [0.29, 0.717) is 12.8 Å². The third-order valence-electron chi connectivity index (χ3n) is 5.60. The van der Waals surface area contributed by atoms with Gasteiger partial charge in [-0.25, -0.2) is 14.4 Å². The number of carbonyl (C=O) groups is 3. The second-order valence-electron chi connectivity index (χ2n) is 9.03.